The van der Waals surface area contributed by atoms with E-state index >= 15 is 4.39 Å². The van der Waals surface area contributed by atoms with E-state index in [-0.39, 0.29) is 23.8 Å². The number of hydrogen-bond donors (Lipinski definition) is 1. The quantitative estimate of drug-likeness (QED) is 0.413. The summed E-state index contributed by atoms with van der Waals surface area (Å²) in [5.74, 6) is -2.12. The molecule has 7 nitrogen and oxygen atoms in total. The Bertz CT molecular complexity index is 1380. The third kappa shape index (κ3) is 4.82. The molecule has 0 aliphatic heterocycles. The van der Waals surface area contributed by atoms with Gasteiger partial charge in [-0.2, -0.15) is 0 Å². The number of rotatable bonds is 7. The lowest BCUT2D eigenvalue weighted by Gasteiger charge is -2.32. The van der Waals surface area contributed by atoms with Crippen molar-refractivity contribution in [1.29, 1.82) is 0 Å². The van der Waals surface area contributed by atoms with Crippen molar-refractivity contribution < 1.29 is 18.4 Å². The first-order valence-corrected chi connectivity index (χ1v) is 11.9. The second-order valence-electron chi connectivity index (χ2n) is 8.89. The first kappa shape index (κ1) is 23.6. The molecule has 1 saturated carbocycles. The van der Waals surface area contributed by atoms with Crippen LogP contribution < -0.4 is 10.2 Å². The molecule has 1 heterocycles. The summed E-state index contributed by atoms with van der Waals surface area (Å²) in [5.41, 5.74) is 1.57. The molecule has 1 N–H and O–H groups in total. The van der Waals surface area contributed by atoms with Crippen LogP contribution in [0.3, 0.4) is 0 Å². The number of para-hydroxylation sites is 1. The van der Waals surface area contributed by atoms with Crippen molar-refractivity contribution in [2.75, 3.05) is 4.90 Å². The number of carbonyl (C=O) groups is 2. The summed E-state index contributed by atoms with van der Waals surface area (Å²) in [5, 5.41) is 11.2. The van der Waals surface area contributed by atoms with Gasteiger partial charge in [-0.15, -0.1) is 5.10 Å². The molecule has 0 radical (unpaired) electrons. The Kier molecular flexibility index (Phi) is 6.71. The molecule has 1 aromatic heterocycles. The van der Waals surface area contributed by atoms with E-state index in [0.29, 0.717) is 11.0 Å². The summed E-state index contributed by atoms with van der Waals surface area (Å²) in [4.78, 5) is 28.7. The highest BCUT2D eigenvalue weighted by atomic mass is 19.1. The van der Waals surface area contributed by atoms with E-state index in [1.165, 1.54) is 52.0 Å². The van der Waals surface area contributed by atoms with Crippen LogP contribution in [0.4, 0.5) is 14.5 Å². The third-order valence-corrected chi connectivity index (χ3v) is 6.49. The fraction of sp³-hybridized carbons (Fsp3) is 0.259. The Morgan fingerprint density at radius 2 is 1.67 bits per heavy atom. The molecule has 1 atom stereocenters. The highest BCUT2D eigenvalue weighted by molar-refractivity contribution is 6.01. The largest absolute Gasteiger partial charge is 0.351 e. The molecule has 0 bridgehead atoms. The fourth-order valence-corrected chi connectivity index (χ4v) is 4.72. The zero-order valence-corrected chi connectivity index (χ0v) is 19.5. The summed E-state index contributed by atoms with van der Waals surface area (Å²) in [7, 11) is 0. The lowest BCUT2D eigenvalue weighted by Crippen LogP contribution is -2.47. The van der Waals surface area contributed by atoms with E-state index < -0.39 is 29.5 Å². The molecule has 5 rings (SSSR count). The fourth-order valence-electron chi connectivity index (χ4n) is 4.72. The van der Waals surface area contributed by atoms with E-state index in [1.807, 2.05) is 12.1 Å². The van der Waals surface area contributed by atoms with Crippen molar-refractivity contribution in [1.82, 2.24) is 20.3 Å². The predicted molar refractivity (Wildman–Crippen MR) is 131 cm³/mol. The van der Waals surface area contributed by atoms with Crippen molar-refractivity contribution in [2.24, 2.45) is 0 Å². The van der Waals surface area contributed by atoms with Gasteiger partial charge in [0.05, 0.1) is 5.52 Å². The Balaban J connectivity index is 1.58. The number of benzene rings is 3. The van der Waals surface area contributed by atoms with Crippen LogP contribution in [-0.4, -0.2) is 32.9 Å². The van der Waals surface area contributed by atoms with E-state index in [9.17, 15) is 14.0 Å². The summed E-state index contributed by atoms with van der Waals surface area (Å²) in [6, 6.07) is 16.9. The Labute approximate surface area is 206 Å². The molecular weight excluding hydrogens is 464 g/mol. The highest BCUT2D eigenvalue weighted by Crippen LogP contribution is 2.31. The number of nitrogens with zero attached hydrogens (tertiary/aromatic N) is 4. The van der Waals surface area contributed by atoms with E-state index in [2.05, 4.69) is 15.6 Å². The maximum atomic E-state index is 15.1. The van der Waals surface area contributed by atoms with Crippen molar-refractivity contribution in [3.8, 4) is 0 Å². The summed E-state index contributed by atoms with van der Waals surface area (Å²) in [6.45, 7) is -0.250. The third-order valence-electron chi connectivity index (χ3n) is 6.49. The summed E-state index contributed by atoms with van der Waals surface area (Å²) < 4.78 is 30.3. The average molecular weight is 490 g/mol. The van der Waals surface area contributed by atoms with Crippen LogP contribution in [-0.2, 0) is 16.1 Å². The number of nitrogens with one attached hydrogen (secondary N) is 1. The van der Waals surface area contributed by atoms with Crippen LogP contribution in [0.15, 0.2) is 72.8 Å². The smallest absolute Gasteiger partial charge is 0.249 e. The Morgan fingerprint density at radius 3 is 2.42 bits per heavy atom. The van der Waals surface area contributed by atoms with Crippen molar-refractivity contribution in [3.05, 3.63) is 90.0 Å². The molecule has 4 aromatic rings. The minimum Gasteiger partial charge on any atom is -0.351 e. The van der Waals surface area contributed by atoms with Crippen molar-refractivity contribution in [2.45, 2.75) is 44.3 Å². The summed E-state index contributed by atoms with van der Waals surface area (Å²) >= 11 is 0. The zero-order chi connectivity index (χ0) is 25.1. The molecule has 0 spiro atoms. The van der Waals surface area contributed by atoms with Gasteiger partial charge in [0.15, 0.2) is 0 Å². The number of aromatic nitrogens is 3. The molecule has 36 heavy (non-hydrogen) atoms. The number of halogens is 2. The summed E-state index contributed by atoms with van der Waals surface area (Å²) in [6.07, 6.45) is 3.64. The molecular formula is C27H25F2N5O2. The van der Waals surface area contributed by atoms with Gasteiger partial charge in [0.2, 0.25) is 11.8 Å². The first-order valence-electron chi connectivity index (χ1n) is 11.9. The average Bonchev–Trinajstić information content (AvgIpc) is 3.54. The molecule has 1 aliphatic carbocycles. The van der Waals surface area contributed by atoms with Gasteiger partial charge in [0.25, 0.3) is 0 Å². The van der Waals surface area contributed by atoms with Crippen LogP contribution in [0.5, 0.6) is 0 Å². The van der Waals surface area contributed by atoms with Crippen LogP contribution >= 0.6 is 0 Å². The maximum Gasteiger partial charge on any atom is 0.249 e. The predicted octanol–water partition coefficient (Wildman–Crippen LogP) is 4.54. The molecule has 9 heteroatoms. The number of amides is 2. The van der Waals surface area contributed by atoms with E-state index in [4.69, 9.17) is 0 Å². The van der Waals surface area contributed by atoms with Gasteiger partial charge < -0.3 is 5.32 Å². The van der Waals surface area contributed by atoms with Gasteiger partial charge >= 0.3 is 0 Å². The topological polar surface area (TPSA) is 80.1 Å². The van der Waals surface area contributed by atoms with Gasteiger partial charge in [-0.3, -0.25) is 14.5 Å². The normalized spacial score (nSPS) is 14.6. The molecule has 1 aliphatic rings. The lowest BCUT2D eigenvalue weighted by molar-refractivity contribution is -0.127. The molecule has 0 saturated heterocycles. The molecule has 184 valence electrons. The second-order valence-corrected chi connectivity index (χ2v) is 8.89. The highest BCUT2D eigenvalue weighted by Gasteiger charge is 2.36. The van der Waals surface area contributed by atoms with Gasteiger partial charge in [0, 0.05) is 17.3 Å². The van der Waals surface area contributed by atoms with Gasteiger partial charge in [-0.05, 0) is 55.3 Å². The standard InChI is InChI=1S/C27H25F2N5O2/c28-18-13-15-20(16-14-18)34(25(35)17-33-24-12-6-5-11-23(24)31-32-33)26(21-9-3-4-10-22(21)29)27(36)30-19-7-1-2-8-19/h3-6,9-16,19,26H,1-2,7-8,17H2,(H,30,36)/t26-/m0/s1. The van der Waals surface area contributed by atoms with Gasteiger partial charge in [-0.1, -0.05) is 48.4 Å². The number of carbonyl (C=O) groups excluding carboxylic acids is 2. The first-order chi connectivity index (χ1) is 17.5. The minimum absolute atomic E-state index is 0.0452. The van der Waals surface area contributed by atoms with Gasteiger partial charge in [-0.25, -0.2) is 13.5 Å². The van der Waals surface area contributed by atoms with Crippen molar-refractivity contribution in [3.63, 3.8) is 0 Å². The molecule has 2 amide bonds. The SMILES string of the molecule is O=C(NC1CCCC1)[C@H](c1ccccc1F)N(C(=O)Cn1nnc2ccccc21)c1ccc(F)cc1. The Morgan fingerprint density at radius 1 is 0.972 bits per heavy atom. The number of anilines is 1. The number of hydrogen-bond acceptors (Lipinski definition) is 4. The van der Waals surface area contributed by atoms with Crippen LogP contribution in [0.2, 0.25) is 0 Å². The van der Waals surface area contributed by atoms with E-state index in [1.54, 1.807) is 18.2 Å². The van der Waals surface area contributed by atoms with E-state index in [0.717, 1.165) is 25.7 Å². The number of fused-ring (bicyclic) bond motifs is 1. The molecule has 0 unspecified atom stereocenters. The van der Waals surface area contributed by atoms with Crippen molar-refractivity contribution >= 4 is 28.5 Å². The minimum atomic E-state index is -1.31. The second kappa shape index (κ2) is 10.2. The van der Waals surface area contributed by atoms with Crippen LogP contribution in [0.1, 0.15) is 37.3 Å². The van der Waals surface area contributed by atoms with Crippen LogP contribution in [0, 0.1) is 11.6 Å². The zero-order valence-electron chi connectivity index (χ0n) is 19.5. The Hall–Kier alpha value is -4.14. The lowest BCUT2D eigenvalue weighted by atomic mass is 10.0. The van der Waals surface area contributed by atoms with Gasteiger partial charge in [0.1, 0.15) is 29.7 Å². The van der Waals surface area contributed by atoms with Crippen LogP contribution in [0.25, 0.3) is 11.0 Å². The monoisotopic (exact) mass is 489 g/mol. The maximum absolute atomic E-state index is 15.1. The molecule has 3 aromatic carbocycles. The molecule has 1 fully saturated rings.